The third-order valence-electron chi connectivity index (χ3n) is 2.28. The first-order valence-electron chi connectivity index (χ1n) is 5.74. The van der Waals surface area contributed by atoms with Crippen LogP contribution in [0.2, 0.25) is 0 Å². The minimum atomic E-state index is 0.617. The quantitative estimate of drug-likeness (QED) is 0.157. The minimum Gasteiger partial charge on any atom is -0.0916 e. The summed E-state index contributed by atoms with van der Waals surface area (Å²) < 4.78 is 5.86. The largest absolute Gasteiger partial charge is 0.0916 e. The SMILES string of the molecule is BrCC(Br)CCC(Br)CBr.Brc1c(Br)c(Br)c(Br)c(Br)c1Br. The van der Waals surface area contributed by atoms with Crippen LogP contribution in [0.3, 0.4) is 0 Å². The van der Waals surface area contributed by atoms with Crippen molar-refractivity contribution in [3.05, 3.63) is 26.8 Å². The summed E-state index contributed by atoms with van der Waals surface area (Å²) in [5.74, 6) is 0. The van der Waals surface area contributed by atoms with E-state index in [0.29, 0.717) is 9.65 Å². The second kappa shape index (κ2) is 14.1. The van der Waals surface area contributed by atoms with Gasteiger partial charge in [-0.2, -0.15) is 0 Å². The van der Waals surface area contributed by atoms with Crippen LogP contribution < -0.4 is 0 Å². The van der Waals surface area contributed by atoms with Crippen molar-refractivity contribution in [3.63, 3.8) is 0 Å². The number of benzene rings is 1. The highest BCUT2D eigenvalue weighted by Crippen LogP contribution is 2.46. The van der Waals surface area contributed by atoms with Crippen LogP contribution in [-0.2, 0) is 0 Å². The van der Waals surface area contributed by atoms with Crippen molar-refractivity contribution in [1.82, 2.24) is 0 Å². The Hall–Kier alpha value is 4.02. The third-order valence-corrected chi connectivity index (χ3v) is 15.1. The Kier molecular flexibility index (Phi) is 16.7. The van der Waals surface area contributed by atoms with E-state index in [1.165, 1.54) is 12.8 Å². The van der Waals surface area contributed by atoms with Crippen molar-refractivity contribution in [2.24, 2.45) is 0 Å². The topological polar surface area (TPSA) is 0 Å². The highest BCUT2D eigenvalue weighted by atomic mass is 79.9. The first kappa shape index (κ1) is 26.0. The summed E-state index contributed by atoms with van der Waals surface area (Å²) in [7, 11) is 0. The van der Waals surface area contributed by atoms with Crippen LogP contribution in [0.25, 0.3) is 0 Å². The Morgan fingerprint density at radius 1 is 0.500 bits per heavy atom. The fourth-order valence-corrected chi connectivity index (χ4v) is 6.25. The average molecular weight is 953 g/mol. The standard InChI is InChI=1S/C6Br6.C6H10Br4/c7-1-2(8)4(10)6(12)5(11)3(1)9;7-3-5(9)1-2-6(10)4-8/h;5-6H,1-4H2. The van der Waals surface area contributed by atoms with Gasteiger partial charge in [-0.25, -0.2) is 0 Å². The molecule has 0 amide bonds. The zero-order valence-corrected chi connectivity index (χ0v) is 26.6. The predicted octanol–water partition coefficient (Wildman–Crippen LogP) is 10.3. The van der Waals surface area contributed by atoms with Crippen LogP contribution in [0, 0.1) is 0 Å². The van der Waals surface area contributed by atoms with Crippen molar-refractivity contribution >= 4 is 159 Å². The van der Waals surface area contributed by atoms with E-state index in [-0.39, 0.29) is 0 Å². The Labute approximate surface area is 215 Å². The normalized spacial score (nSPS) is 13.4. The summed E-state index contributed by atoms with van der Waals surface area (Å²) in [6, 6.07) is 0. The van der Waals surface area contributed by atoms with Crippen LogP contribution in [0.15, 0.2) is 26.8 Å². The maximum atomic E-state index is 3.55. The number of alkyl halides is 4. The Bertz CT molecular complexity index is 360. The average Bonchev–Trinajstić information content (AvgIpc) is 2.54. The molecule has 1 aromatic carbocycles. The van der Waals surface area contributed by atoms with E-state index in [1.54, 1.807) is 0 Å². The summed E-state index contributed by atoms with van der Waals surface area (Å²) in [4.78, 5) is 1.23. The Morgan fingerprint density at radius 3 is 0.818 bits per heavy atom. The van der Waals surface area contributed by atoms with E-state index in [9.17, 15) is 0 Å². The zero-order valence-electron chi connectivity index (χ0n) is 10.8. The Morgan fingerprint density at radius 2 is 0.682 bits per heavy atom. The van der Waals surface area contributed by atoms with E-state index in [4.69, 9.17) is 0 Å². The molecule has 0 bridgehead atoms. The van der Waals surface area contributed by atoms with Gasteiger partial charge in [-0.05, 0) is 108 Å². The molecule has 0 saturated heterocycles. The van der Waals surface area contributed by atoms with Gasteiger partial charge in [-0.15, -0.1) is 0 Å². The van der Waals surface area contributed by atoms with Gasteiger partial charge in [0.15, 0.2) is 0 Å². The molecule has 2 unspecified atom stereocenters. The van der Waals surface area contributed by atoms with E-state index in [0.717, 1.165) is 37.5 Å². The van der Waals surface area contributed by atoms with Crippen LogP contribution in [-0.4, -0.2) is 20.3 Å². The van der Waals surface area contributed by atoms with Crippen molar-refractivity contribution < 1.29 is 0 Å². The molecule has 0 fully saturated rings. The summed E-state index contributed by atoms with van der Waals surface area (Å²) in [6.07, 6.45) is 2.43. The molecule has 0 spiro atoms. The second-order valence-corrected chi connectivity index (χ2v) is 12.6. The first-order chi connectivity index (χ1) is 10.2. The second-order valence-electron chi connectivity index (χ2n) is 3.96. The lowest BCUT2D eigenvalue weighted by Crippen LogP contribution is -2.05. The molecule has 0 saturated carbocycles. The molecule has 1 aromatic rings. The lowest BCUT2D eigenvalue weighted by atomic mass is 10.2. The van der Waals surface area contributed by atoms with E-state index >= 15 is 0 Å². The molecular formula is C12H10Br10. The highest BCUT2D eigenvalue weighted by Gasteiger charge is 2.15. The molecule has 0 aliphatic carbocycles. The van der Waals surface area contributed by atoms with Crippen molar-refractivity contribution in [2.75, 3.05) is 10.7 Å². The molecule has 0 aromatic heterocycles. The molecular weight excluding hydrogens is 943 g/mol. The maximum Gasteiger partial charge on any atom is 0.0483 e. The van der Waals surface area contributed by atoms with E-state index in [1.807, 2.05) is 0 Å². The summed E-state index contributed by atoms with van der Waals surface area (Å²) in [6.45, 7) is 0. The molecule has 0 radical (unpaired) electrons. The summed E-state index contributed by atoms with van der Waals surface area (Å²) in [5, 5.41) is 2.07. The van der Waals surface area contributed by atoms with E-state index < -0.39 is 0 Å². The summed E-state index contributed by atoms with van der Waals surface area (Å²) in [5.41, 5.74) is 0. The summed E-state index contributed by atoms with van der Waals surface area (Å²) >= 11 is 34.6. The molecule has 10 heteroatoms. The molecule has 2 atom stereocenters. The van der Waals surface area contributed by atoms with Gasteiger partial charge in [0.05, 0.1) is 0 Å². The highest BCUT2D eigenvalue weighted by molar-refractivity contribution is 9.17. The van der Waals surface area contributed by atoms with Gasteiger partial charge in [0.2, 0.25) is 0 Å². The van der Waals surface area contributed by atoms with Crippen molar-refractivity contribution in [1.29, 1.82) is 0 Å². The minimum absolute atomic E-state index is 0.617. The van der Waals surface area contributed by atoms with Gasteiger partial charge >= 0.3 is 0 Å². The molecule has 0 aliphatic heterocycles. The van der Waals surface area contributed by atoms with Crippen molar-refractivity contribution in [2.45, 2.75) is 22.5 Å². The molecule has 0 heterocycles. The third kappa shape index (κ3) is 9.29. The van der Waals surface area contributed by atoms with E-state index in [2.05, 4.69) is 159 Å². The monoisotopic (exact) mass is 943 g/mol. The van der Waals surface area contributed by atoms with Gasteiger partial charge in [-0.1, -0.05) is 63.7 Å². The van der Waals surface area contributed by atoms with Gasteiger partial charge in [0.25, 0.3) is 0 Å². The predicted molar refractivity (Wildman–Crippen MR) is 135 cm³/mol. The molecule has 22 heavy (non-hydrogen) atoms. The zero-order chi connectivity index (χ0) is 17.4. The fraction of sp³-hybridized carbons (Fsp3) is 0.500. The molecule has 128 valence electrons. The number of hydrogen-bond donors (Lipinski definition) is 0. The lowest BCUT2D eigenvalue weighted by molar-refractivity contribution is 0.751. The van der Waals surface area contributed by atoms with Gasteiger partial charge in [0, 0.05) is 47.2 Å². The van der Waals surface area contributed by atoms with Crippen LogP contribution in [0.4, 0.5) is 0 Å². The van der Waals surface area contributed by atoms with Crippen LogP contribution in [0.1, 0.15) is 12.8 Å². The number of rotatable bonds is 5. The van der Waals surface area contributed by atoms with Gasteiger partial charge in [-0.3, -0.25) is 0 Å². The Balaban J connectivity index is 0.000000409. The maximum absolute atomic E-state index is 3.55. The molecule has 0 nitrogen and oxygen atoms in total. The van der Waals surface area contributed by atoms with Gasteiger partial charge < -0.3 is 0 Å². The first-order valence-corrected chi connectivity index (χ1v) is 14.6. The van der Waals surface area contributed by atoms with Crippen LogP contribution >= 0.6 is 159 Å². The van der Waals surface area contributed by atoms with Crippen molar-refractivity contribution in [3.8, 4) is 0 Å². The molecule has 0 N–H and O–H groups in total. The number of hydrogen-bond acceptors (Lipinski definition) is 0. The molecule has 1 rings (SSSR count). The van der Waals surface area contributed by atoms with Crippen LogP contribution in [0.5, 0.6) is 0 Å². The van der Waals surface area contributed by atoms with Gasteiger partial charge in [0.1, 0.15) is 0 Å². The number of halogens is 10. The lowest BCUT2D eigenvalue weighted by Gasteiger charge is -2.08. The molecule has 0 aliphatic rings. The fourth-order valence-electron chi connectivity index (χ4n) is 1.09. The smallest absolute Gasteiger partial charge is 0.0483 e.